The molecule has 2 aromatic heterocycles. The van der Waals surface area contributed by atoms with Gasteiger partial charge < -0.3 is 0 Å². The summed E-state index contributed by atoms with van der Waals surface area (Å²) in [6, 6.07) is 3.35. The smallest absolute Gasteiger partial charge is 0.268 e. The third-order valence-corrected chi connectivity index (χ3v) is 4.19. The molecule has 8 heteroatoms. The second-order valence-corrected chi connectivity index (χ2v) is 6.24. The van der Waals surface area contributed by atoms with Crippen molar-refractivity contribution >= 4 is 38.7 Å². The van der Waals surface area contributed by atoms with Gasteiger partial charge in [0.25, 0.3) is 5.56 Å². The van der Waals surface area contributed by atoms with Crippen LogP contribution in [0.4, 0.5) is 8.78 Å². The number of pyridine rings is 1. The van der Waals surface area contributed by atoms with Gasteiger partial charge in [0, 0.05) is 5.02 Å². The Morgan fingerprint density at radius 1 is 1.09 bits per heavy atom. The summed E-state index contributed by atoms with van der Waals surface area (Å²) in [5, 5.41) is -0.103. The highest BCUT2D eigenvalue weighted by Gasteiger charge is 2.20. The Morgan fingerprint density at radius 2 is 1.65 bits per heavy atom. The van der Waals surface area contributed by atoms with Crippen molar-refractivity contribution in [3.63, 3.8) is 0 Å². The fourth-order valence-electron chi connectivity index (χ4n) is 2.21. The standard InChI is InChI=1S/C15H9BrClF2N3O/c1-6-7(2)21-14-12(20-6)5-9(16)15(23)22(14)13-10(18)3-8(17)4-11(13)19/h3-5H,1-2H3. The van der Waals surface area contributed by atoms with Crippen molar-refractivity contribution in [2.75, 3.05) is 0 Å². The summed E-state index contributed by atoms with van der Waals surface area (Å²) in [5.41, 5.74) is 0.447. The minimum Gasteiger partial charge on any atom is -0.268 e. The molecular formula is C15H9BrClF2N3O. The molecule has 0 saturated carbocycles. The molecule has 0 bridgehead atoms. The molecule has 0 aliphatic rings. The van der Waals surface area contributed by atoms with E-state index in [9.17, 15) is 13.6 Å². The summed E-state index contributed by atoms with van der Waals surface area (Å²) in [4.78, 5) is 21.0. The van der Waals surface area contributed by atoms with E-state index >= 15 is 0 Å². The molecule has 3 aromatic rings. The summed E-state index contributed by atoms with van der Waals surface area (Å²) in [6.07, 6.45) is 0. The second kappa shape index (κ2) is 5.65. The fraction of sp³-hybridized carbons (Fsp3) is 0.133. The first-order chi connectivity index (χ1) is 10.8. The van der Waals surface area contributed by atoms with E-state index in [-0.39, 0.29) is 15.1 Å². The van der Waals surface area contributed by atoms with Gasteiger partial charge in [0.15, 0.2) is 17.3 Å². The minimum atomic E-state index is -0.962. The van der Waals surface area contributed by atoms with E-state index in [2.05, 4.69) is 25.9 Å². The van der Waals surface area contributed by atoms with Crippen LogP contribution in [0.3, 0.4) is 0 Å². The first-order valence-corrected chi connectivity index (χ1v) is 7.68. The van der Waals surface area contributed by atoms with Crippen LogP contribution in [0.1, 0.15) is 11.4 Å². The number of aryl methyl sites for hydroxylation is 2. The quantitative estimate of drug-likeness (QED) is 0.618. The molecule has 0 spiro atoms. The van der Waals surface area contributed by atoms with Crippen LogP contribution in [0.15, 0.2) is 27.5 Å². The average molecular weight is 401 g/mol. The lowest BCUT2D eigenvalue weighted by Gasteiger charge is -2.13. The Bertz CT molecular complexity index is 997. The minimum absolute atomic E-state index is 0.0708. The van der Waals surface area contributed by atoms with Gasteiger partial charge in [-0.15, -0.1) is 0 Å². The normalized spacial score (nSPS) is 11.2. The molecular weight excluding hydrogens is 392 g/mol. The first kappa shape index (κ1) is 16.0. The van der Waals surface area contributed by atoms with Crippen molar-refractivity contribution in [1.29, 1.82) is 0 Å². The molecule has 0 radical (unpaired) electrons. The van der Waals surface area contributed by atoms with Gasteiger partial charge in [-0.1, -0.05) is 11.6 Å². The maximum atomic E-state index is 14.3. The summed E-state index contributed by atoms with van der Waals surface area (Å²) in [7, 11) is 0. The van der Waals surface area contributed by atoms with E-state index in [1.54, 1.807) is 13.8 Å². The third kappa shape index (κ3) is 2.64. The predicted molar refractivity (Wildman–Crippen MR) is 87.2 cm³/mol. The Morgan fingerprint density at radius 3 is 2.26 bits per heavy atom. The second-order valence-electron chi connectivity index (χ2n) is 4.95. The van der Waals surface area contributed by atoms with Crippen molar-refractivity contribution in [2.24, 2.45) is 0 Å². The van der Waals surface area contributed by atoms with Crippen molar-refractivity contribution in [2.45, 2.75) is 13.8 Å². The number of aromatic nitrogens is 3. The predicted octanol–water partition coefficient (Wildman–Crippen LogP) is 4.09. The topological polar surface area (TPSA) is 47.8 Å². The molecule has 0 aliphatic heterocycles. The first-order valence-electron chi connectivity index (χ1n) is 6.51. The van der Waals surface area contributed by atoms with E-state index in [1.807, 2.05) is 0 Å². The van der Waals surface area contributed by atoms with Crippen molar-refractivity contribution in [3.8, 4) is 5.69 Å². The molecule has 0 aliphatic carbocycles. The van der Waals surface area contributed by atoms with Gasteiger partial charge in [-0.25, -0.2) is 18.7 Å². The molecule has 4 nitrogen and oxygen atoms in total. The van der Waals surface area contributed by atoms with Gasteiger partial charge in [0.05, 0.1) is 15.9 Å². The number of hydrogen-bond donors (Lipinski definition) is 0. The number of benzene rings is 1. The average Bonchev–Trinajstić information content (AvgIpc) is 2.44. The zero-order chi connectivity index (χ0) is 16.9. The molecule has 0 N–H and O–H groups in total. The molecule has 3 rings (SSSR count). The van der Waals surface area contributed by atoms with E-state index in [1.165, 1.54) is 6.07 Å². The molecule has 0 unspecified atom stereocenters. The number of hydrogen-bond acceptors (Lipinski definition) is 3. The molecule has 0 saturated heterocycles. The number of halogens is 4. The zero-order valence-electron chi connectivity index (χ0n) is 12.0. The molecule has 2 heterocycles. The number of rotatable bonds is 1. The van der Waals surface area contributed by atoms with Gasteiger partial charge in [-0.3, -0.25) is 9.36 Å². The van der Waals surface area contributed by atoms with E-state index in [0.717, 1.165) is 16.7 Å². The van der Waals surface area contributed by atoms with Crippen LogP contribution in [-0.4, -0.2) is 14.5 Å². The van der Waals surface area contributed by atoms with Crippen molar-refractivity contribution < 1.29 is 8.78 Å². The summed E-state index contributed by atoms with van der Waals surface area (Å²) in [5.74, 6) is -1.92. The van der Waals surface area contributed by atoms with Gasteiger partial charge in [-0.2, -0.15) is 0 Å². The van der Waals surface area contributed by atoms with Crippen LogP contribution in [0.25, 0.3) is 16.9 Å². The van der Waals surface area contributed by atoms with Crippen molar-refractivity contribution in [1.82, 2.24) is 14.5 Å². The summed E-state index contributed by atoms with van der Waals surface area (Å²) < 4.78 is 29.5. The Labute approximate surface area is 142 Å². The lowest BCUT2D eigenvalue weighted by atomic mass is 10.2. The SMILES string of the molecule is Cc1nc2cc(Br)c(=O)n(-c3c(F)cc(Cl)cc3F)c2nc1C. The molecule has 1 aromatic carbocycles. The lowest BCUT2D eigenvalue weighted by molar-refractivity contribution is 0.568. The van der Waals surface area contributed by atoms with Gasteiger partial charge in [0.2, 0.25) is 0 Å². The number of fused-ring (bicyclic) bond motifs is 1. The molecule has 23 heavy (non-hydrogen) atoms. The highest BCUT2D eigenvalue weighted by Crippen LogP contribution is 2.25. The number of nitrogens with zero attached hydrogens (tertiary/aromatic N) is 3. The summed E-state index contributed by atoms with van der Waals surface area (Å²) in [6.45, 7) is 3.46. The van der Waals surface area contributed by atoms with Gasteiger partial charge >= 0.3 is 0 Å². The Kier molecular flexibility index (Phi) is 3.93. The summed E-state index contributed by atoms with van der Waals surface area (Å²) >= 11 is 8.74. The molecule has 0 atom stereocenters. The highest BCUT2D eigenvalue weighted by atomic mass is 79.9. The van der Waals surface area contributed by atoms with Crippen LogP contribution in [0.2, 0.25) is 5.02 Å². The van der Waals surface area contributed by atoms with E-state index in [4.69, 9.17) is 11.6 Å². The zero-order valence-corrected chi connectivity index (χ0v) is 14.3. The fourth-order valence-corrected chi connectivity index (χ4v) is 2.80. The lowest BCUT2D eigenvalue weighted by Crippen LogP contribution is -2.23. The van der Waals surface area contributed by atoms with Gasteiger partial charge in [-0.05, 0) is 48.0 Å². The third-order valence-electron chi connectivity index (χ3n) is 3.40. The largest absolute Gasteiger partial charge is 0.271 e. The van der Waals surface area contributed by atoms with Crippen LogP contribution in [0.5, 0.6) is 0 Å². The van der Waals surface area contributed by atoms with Crippen LogP contribution in [-0.2, 0) is 0 Å². The van der Waals surface area contributed by atoms with Gasteiger partial charge in [0.1, 0.15) is 11.2 Å². The molecule has 0 amide bonds. The van der Waals surface area contributed by atoms with Crippen LogP contribution in [0, 0.1) is 25.5 Å². The highest BCUT2D eigenvalue weighted by molar-refractivity contribution is 9.10. The monoisotopic (exact) mass is 399 g/mol. The Hall–Kier alpha value is -1.86. The maximum Gasteiger partial charge on any atom is 0.271 e. The maximum absolute atomic E-state index is 14.3. The molecule has 0 fully saturated rings. The van der Waals surface area contributed by atoms with E-state index in [0.29, 0.717) is 16.9 Å². The van der Waals surface area contributed by atoms with Crippen LogP contribution >= 0.6 is 27.5 Å². The van der Waals surface area contributed by atoms with Crippen LogP contribution < -0.4 is 5.56 Å². The van der Waals surface area contributed by atoms with Crippen molar-refractivity contribution in [3.05, 3.63) is 61.1 Å². The Balaban J connectivity index is 2.53. The van der Waals surface area contributed by atoms with E-state index < -0.39 is 22.9 Å². The molecule has 118 valence electrons.